The fourth-order valence-electron chi connectivity index (χ4n) is 0.142. The van der Waals surface area contributed by atoms with Crippen LogP contribution in [0.1, 0.15) is 6.92 Å². The van der Waals surface area contributed by atoms with E-state index in [0.717, 1.165) is 0 Å². The van der Waals surface area contributed by atoms with E-state index >= 15 is 0 Å². The number of primary amides is 1. The van der Waals surface area contributed by atoms with Crippen LogP contribution < -0.4 is 11.1 Å². The lowest BCUT2D eigenvalue weighted by Crippen LogP contribution is -2.36. The molecule has 1 unspecified atom stereocenters. The van der Waals surface area contributed by atoms with Crippen molar-refractivity contribution in [3.05, 3.63) is 0 Å². The van der Waals surface area contributed by atoms with Crippen LogP contribution in [0.15, 0.2) is 0 Å². The van der Waals surface area contributed by atoms with Gasteiger partial charge in [0.15, 0.2) is 0 Å². The van der Waals surface area contributed by atoms with E-state index in [-0.39, 0.29) is 11.9 Å². The minimum atomic E-state index is -5.08. The van der Waals surface area contributed by atoms with Crippen LogP contribution in [0.25, 0.3) is 0 Å². The minimum absolute atomic E-state index is 0.208. The molecule has 4 N–H and O–H groups in total. The number of alkyl halides is 3. The number of halogens is 3. The molecule has 1 amide bonds. The molecule has 1 atom stereocenters. The molecule has 14 heavy (non-hydrogen) atoms. The largest absolute Gasteiger partial charge is 0.490 e. The van der Waals surface area contributed by atoms with Gasteiger partial charge in [-0.15, -0.1) is 0 Å². The monoisotopic (exact) mass is 216 g/mol. The zero-order chi connectivity index (χ0) is 11.9. The number of nitrogens with one attached hydrogen (secondary N) is 1. The highest BCUT2D eigenvalue weighted by Crippen LogP contribution is 2.13. The first-order valence-electron chi connectivity index (χ1n) is 3.39. The second-order valence-corrected chi connectivity index (χ2v) is 2.22. The zero-order valence-electron chi connectivity index (χ0n) is 7.55. The van der Waals surface area contributed by atoms with Gasteiger partial charge in [-0.3, -0.25) is 4.79 Å². The molecule has 0 heterocycles. The number of nitrogens with two attached hydrogens (primary N) is 1. The molecule has 0 aromatic heterocycles. The van der Waals surface area contributed by atoms with Gasteiger partial charge in [0.05, 0.1) is 6.04 Å². The molecule has 0 radical (unpaired) electrons. The van der Waals surface area contributed by atoms with Crippen molar-refractivity contribution in [1.82, 2.24) is 5.32 Å². The quantitative estimate of drug-likeness (QED) is 0.591. The van der Waals surface area contributed by atoms with Gasteiger partial charge in [-0.2, -0.15) is 13.2 Å². The Morgan fingerprint density at radius 2 is 1.71 bits per heavy atom. The van der Waals surface area contributed by atoms with E-state index in [9.17, 15) is 18.0 Å². The molecule has 0 saturated carbocycles. The summed E-state index contributed by atoms with van der Waals surface area (Å²) in [7, 11) is 1.69. The van der Waals surface area contributed by atoms with Gasteiger partial charge >= 0.3 is 12.1 Å². The van der Waals surface area contributed by atoms with Crippen LogP contribution in [0.2, 0.25) is 0 Å². The van der Waals surface area contributed by atoms with E-state index in [0.29, 0.717) is 0 Å². The Balaban J connectivity index is 0. The van der Waals surface area contributed by atoms with Crippen LogP contribution in [0.3, 0.4) is 0 Å². The van der Waals surface area contributed by atoms with Gasteiger partial charge in [-0.05, 0) is 14.0 Å². The number of hydrogen-bond donors (Lipinski definition) is 3. The topological polar surface area (TPSA) is 92.4 Å². The second kappa shape index (κ2) is 6.19. The number of carboxylic acid groups (broad SMARTS) is 1. The number of hydrogen-bond acceptors (Lipinski definition) is 3. The van der Waals surface area contributed by atoms with Crippen molar-refractivity contribution in [3.63, 3.8) is 0 Å². The minimum Gasteiger partial charge on any atom is -0.475 e. The van der Waals surface area contributed by atoms with Crippen molar-refractivity contribution < 1.29 is 27.9 Å². The van der Waals surface area contributed by atoms with Gasteiger partial charge in [0.25, 0.3) is 0 Å². The van der Waals surface area contributed by atoms with E-state index in [1.807, 2.05) is 0 Å². The standard InChI is InChI=1S/C4H10N2O.C2HF3O2/c1-3(6-2)4(5)7;3-2(4,5)1(6)7/h3,6H,1-2H3,(H2,5,7);(H,6,7). The Morgan fingerprint density at radius 1 is 1.43 bits per heavy atom. The predicted octanol–water partition coefficient (Wildman–Crippen LogP) is -0.287. The first-order chi connectivity index (χ1) is 6.12. The summed E-state index contributed by atoms with van der Waals surface area (Å²) < 4.78 is 31.7. The summed E-state index contributed by atoms with van der Waals surface area (Å²) in [4.78, 5) is 19.0. The predicted molar refractivity (Wildman–Crippen MR) is 41.4 cm³/mol. The normalized spacial score (nSPS) is 12.4. The number of likely N-dealkylation sites (N-methyl/N-ethyl adjacent to an activating group) is 1. The lowest BCUT2D eigenvalue weighted by molar-refractivity contribution is -0.192. The third-order valence-electron chi connectivity index (χ3n) is 1.10. The van der Waals surface area contributed by atoms with E-state index < -0.39 is 12.1 Å². The highest BCUT2D eigenvalue weighted by Gasteiger charge is 2.38. The number of carboxylic acids is 1. The number of rotatable bonds is 2. The zero-order valence-corrected chi connectivity index (χ0v) is 7.55. The molecule has 0 aliphatic rings. The lowest BCUT2D eigenvalue weighted by atomic mass is 10.3. The van der Waals surface area contributed by atoms with E-state index in [4.69, 9.17) is 15.6 Å². The Kier molecular flexibility index (Phi) is 6.71. The summed E-state index contributed by atoms with van der Waals surface area (Å²) in [6.07, 6.45) is -5.08. The Bertz CT molecular complexity index is 205. The molecular formula is C6H11F3N2O3. The second-order valence-electron chi connectivity index (χ2n) is 2.22. The summed E-state index contributed by atoms with van der Waals surface area (Å²) in [5.74, 6) is -3.07. The van der Waals surface area contributed by atoms with Crippen LogP contribution in [-0.2, 0) is 9.59 Å². The molecule has 0 aromatic rings. The van der Waals surface area contributed by atoms with Gasteiger partial charge in [0.1, 0.15) is 0 Å². The smallest absolute Gasteiger partial charge is 0.475 e. The highest BCUT2D eigenvalue weighted by atomic mass is 19.4. The van der Waals surface area contributed by atoms with Crippen molar-refractivity contribution in [3.8, 4) is 0 Å². The maximum atomic E-state index is 10.6. The molecule has 0 saturated heterocycles. The molecule has 0 bridgehead atoms. The van der Waals surface area contributed by atoms with Crippen LogP contribution in [-0.4, -0.2) is 36.2 Å². The number of carbonyl (C=O) groups excluding carboxylic acids is 1. The lowest BCUT2D eigenvalue weighted by Gasteiger charge is -2.01. The van der Waals surface area contributed by atoms with Crippen molar-refractivity contribution in [1.29, 1.82) is 0 Å². The molecule has 0 spiro atoms. The summed E-state index contributed by atoms with van der Waals surface area (Å²) in [6.45, 7) is 1.71. The average Bonchev–Trinajstić information content (AvgIpc) is 2.02. The van der Waals surface area contributed by atoms with Gasteiger partial charge in [-0.25, -0.2) is 4.79 Å². The first-order valence-corrected chi connectivity index (χ1v) is 3.39. The van der Waals surface area contributed by atoms with Gasteiger partial charge in [0.2, 0.25) is 5.91 Å². The third-order valence-corrected chi connectivity index (χ3v) is 1.10. The molecule has 0 rings (SSSR count). The summed E-state index contributed by atoms with van der Waals surface area (Å²) in [6, 6.07) is -0.208. The highest BCUT2D eigenvalue weighted by molar-refractivity contribution is 5.79. The maximum absolute atomic E-state index is 10.6. The average molecular weight is 216 g/mol. The van der Waals surface area contributed by atoms with Crippen molar-refractivity contribution in [2.24, 2.45) is 5.73 Å². The van der Waals surface area contributed by atoms with Crippen molar-refractivity contribution >= 4 is 11.9 Å². The van der Waals surface area contributed by atoms with Crippen molar-refractivity contribution in [2.45, 2.75) is 19.1 Å². The van der Waals surface area contributed by atoms with Gasteiger partial charge < -0.3 is 16.2 Å². The van der Waals surface area contributed by atoms with E-state index in [1.54, 1.807) is 14.0 Å². The Labute approximate surface area is 78.1 Å². The SMILES string of the molecule is CNC(C)C(N)=O.O=C(O)C(F)(F)F. The Hall–Kier alpha value is -1.31. The molecule has 0 aliphatic carbocycles. The summed E-state index contributed by atoms with van der Waals surface area (Å²) in [5, 5.41) is 9.81. The van der Waals surface area contributed by atoms with Crippen LogP contribution in [0.4, 0.5) is 13.2 Å². The molecule has 5 nitrogen and oxygen atoms in total. The number of aliphatic carboxylic acids is 1. The molecular weight excluding hydrogens is 205 g/mol. The van der Waals surface area contributed by atoms with Crippen LogP contribution in [0.5, 0.6) is 0 Å². The van der Waals surface area contributed by atoms with E-state index in [2.05, 4.69) is 5.32 Å². The fraction of sp³-hybridized carbons (Fsp3) is 0.667. The Morgan fingerprint density at radius 3 is 1.71 bits per heavy atom. The van der Waals surface area contributed by atoms with Gasteiger partial charge in [0, 0.05) is 0 Å². The molecule has 0 aromatic carbocycles. The molecule has 8 heteroatoms. The third kappa shape index (κ3) is 8.78. The summed E-state index contributed by atoms with van der Waals surface area (Å²) >= 11 is 0. The summed E-state index contributed by atoms with van der Waals surface area (Å²) in [5.41, 5.74) is 4.85. The first kappa shape index (κ1) is 15.2. The maximum Gasteiger partial charge on any atom is 0.490 e. The molecule has 84 valence electrons. The number of amides is 1. The van der Waals surface area contributed by atoms with Crippen LogP contribution in [0, 0.1) is 0 Å². The fourth-order valence-corrected chi connectivity index (χ4v) is 0.142. The van der Waals surface area contributed by atoms with Crippen LogP contribution >= 0.6 is 0 Å². The molecule has 0 aliphatic heterocycles. The number of carbonyl (C=O) groups is 2. The van der Waals surface area contributed by atoms with Crippen molar-refractivity contribution in [2.75, 3.05) is 7.05 Å². The molecule has 0 fully saturated rings. The van der Waals surface area contributed by atoms with E-state index in [1.165, 1.54) is 0 Å². The van der Waals surface area contributed by atoms with Gasteiger partial charge in [-0.1, -0.05) is 0 Å².